The Morgan fingerprint density at radius 2 is 1.17 bits per heavy atom. The average Bonchev–Trinajstić information content (AvgIpc) is 2.83. The van der Waals surface area contributed by atoms with Crippen LogP contribution in [0.2, 0.25) is 0 Å². The van der Waals surface area contributed by atoms with Crippen molar-refractivity contribution >= 4 is 32.4 Å². The van der Waals surface area contributed by atoms with E-state index in [1.807, 2.05) is 12.3 Å². The molecule has 0 N–H and O–H groups in total. The normalized spacial score (nSPS) is 11.3. The van der Waals surface area contributed by atoms with E-state index in [2.05, 4.69) is 88.0 Å². The Morgan fingerprint density at radius 3 is 2.10 bits per heavy atom. The predicted octanol–water partition coefficient (Wildman–Crippen LogP) is 6.06. The van der Waals surface area contributed by atoms with E-state index in [1.165, 1.54) is 5.39 Å². The molecule has 0 aliphatic heterocycles. The summed E-state index contributed by atoms with van der Waals surface area (Å²) >= 11 is 0. The first-order chi connectivity index (χ1) is 14.8. The summed E-state index contributed by atoms with van der Waals surface area (Å²) < 4.78 is 0. The van der Waals surface area contributed by atoms with Gasteiger partial charge < -0.3 is 0 Å². The van der Waals surface area contributed by atoms with Crippen molar-refractivity contribution in [3.63, 3.8) is 0 Å². The molecule has 6 rings (SSSR count). The minimum Gasteiger partial charge on any atom is -0.256 e. The lowest BCUT2D eigenvalue weighted by atomic mass is 10.0. The Bertz CT molecular complexity index is 1440. The number of benzene rings is 3. The zero-order valence-corrected chi connectivity index (χ0v) is 16.0. The van der Waals surface area contributed by atoms with Gasteiger partial charge in [0.2, 0.25) is 0 Å². The average molecular weight is 384 g/mol. The van der Waals surface area contributed by atoms with Crippen LogP contribution in [-0.4, -0.2) is 20.2 Å². The van der Waals surface area contributed by atoms with Crippen LogP contribution in [0.3, 0.4) is 0 Å². The summed E-state index contributed by atoms with van der Waals surface area (Å²) in [5, 5.41) is 13.5. The number of nitrogens with zero attached hydrogens (tertiary/aromatic N) is 4. The van der Waals surface area contributed by atoms with Gasteiger partial charge in [-0.2, -0.15) is 10.2 Å². The van der Waals surface area contributed by atoms with E-state index in [-0.39, 0.29) is 0 Å². The smallest absolute Gasteiger partial charge is 0.0709 e. The predicted molar refractivity (Wildman–Crippen MR) is 121 cm³/mol. The van der Waals surface area contributed by atoms with Crippen LogP contribution in [0.15, 0.2) is 97.5 Å². The first-order valence-electron chi connectivity index (χ1n) is 9.80. The molecular weight excluding hydrogens is 368 g/mol. The van der Waals surface area contributed by atoms with Crippen LogP contribution < -0.4 is 0 Å². The molecule has 0 bridgehead atoms. The van der Waals surface area contributed by atoms with E-state index < -0.39 is 0 Å². The van der Waals surface area contributed by atoms with Crippen molar-refractivity contribution in [2.45, 2.75) is 0 Å². The molecule has 0 saturated carbocycles. The maximum Gasteiger partial charge on any atom is 0.0709 e. The van der Waals surface area contributed by atoms with Crippen LogP contribution in [0, 0.1) is 0 Å². The van der Waals surface area contributed by atoms with E-state index >= 15 is 0 Å². The monoisotopic (exact) mass is 384 g/mol. The Labute approximate surface area is 172 Å². The third-order valence-corrected chi connectivity index (χ3v) is 5.46. The van der Waals surface area contributed by atoms with Gasteiger partial charge >= 0.3 is 0 Å². The van der Waals surface area contributed by atoms with E-state index in [4.69, 9.17) is 4.98 Å². The van der Waals surface area contributed by atoms with Gasteiger partial charge in [-0.05, 0) is 35.7 Å². The first-order valence-corrected chi connectivity index (χ1v) is 9.80. The quantitative estimate of drug-likeness (QED) is 0.364. The van der Waals surface area contributed by atoms with Crippen LogP contribution in [0.5, 0.6) is 0 Å². The Balaban J connectivity index is 1.41. The van der Waals surface area contributed by atoms with Gasteiger partial charge in [-0.25, -0.2) is 4.98 Å². The minimum absolute atomic E-state index is 0.942. The fourth-order valence-electron chi connectivity index (χ4n) is 3.84. The molecule has 0 aliphatic carbocycles. The molecular formula is C26H16N4. The fourth-order valence-corrected chi connectivity index (χ4v) is 3.84. The fraction of sp³-hybridized carbons (Fsp3) is 0. The van der Waals surface area contributed by atoms with Crippen molar-refractivity contribution in [1.29, 1.82) is 0 Å². The van der Waals surface area contributed by atoms with Crippen LogP contribution >= 0.6 is 0 Å². The first kappa shape index (κ1) is 16.7. The Hall–Kier alpha value is -4.18. The minimum atomic E-state index is 0.942. The lowest BCUT2D eigenvalue weighted by Gasteiger charge is -2.07. The van der Waals surface area contributed by atoms with E-state index in [0.29, 0.717) is 0 Å². The summed E-state index contributed by atoms with van der Waals surface area (Å²) in [6.45, 7) is 0. The number of hydrogen-bond acceptors (Lipinski definition) is 4. The van der Waals surface area contributed by atoms with Gasteiger partial charge in [0.1, 0.15) is 0 Å². The number of pyridine rings is 2. The summed E-state index contributed by atoms with van der Waals surface area (Å²) in [5.41, 5.74) is 5.03. The van der Waals surface area contributed by atoms with Crippen LogP contribution in [0.25, 0.3) is 55.0 Å². The van der Waals surface area contributed by atoms with E-state index in [0.717, 1.165) is 49.6 Å². The summed E-state index contributed by atoms with van der Waals surface area (Å²) in [7, 11) is 0. The molecule has 0 saturated heterocycles. The van der Waals surface area contributed by atoms with Gasteiger partial charge in [-0.3, -0.25) is 4.98 Å². The SMILES string of the molecule is c1ccc2cc(-c3ccc4nc(-c5ccc6cnncc6c5)ccc4c3)ncc2c1. The molecule has 0 atom stereocenters. The number of aromatic nitrogens is 4. The molecule has 3 aromatic heterocycles. The second-order valence-electron chi connectivity index (χ2n) is 7.35. The zero-order chi connectivity index (χ0) is 19.9. The molecule has 4 heteroatoms. The highest BCUT2D eigenvalue weighted by molar-refractivity contribution is 5.90. The van der Waals surface area contributed by atoms with Crippen molar-refractivity contribution in [3.05, 3.63) is 97.5 Å². The van der Waals surface area contributed by atoms with Gasteiger partial charge in [0.15, 0.2) is 0 Å². The van der Waals surface area contributed by atoms with Gasteiger partial charge in [-0.15, -0.1) is 0 Å². The third-order valence-electron chi connectivity index (χ3n) is 5.46. The number of rotatable bonds is 2. The third kappa shape index (κ3) is 2.86. The summed E-state index contributed by atoms with van der Waals surface area (Å²) in [4.78, 5) is 9.53. The van der Waals surface area contributed by atoms with E-state index in [1.54, 1.807) is 12.4 Å². The Kier molecular flexibility index (Phi) is 3.74. The number of hydrogen-bond donors (Lipinski definition) is 0. The highest BCUT2D eigenvalue weighted by Gasteiger charge is 2.06. The lowest BCUT2D eigenvalue weighted by molar-refractivity contribution is 1.05. The van der Waals surface area contributed by atoms with Crippen molar-refractivity contribution in [3.8, 4) is 22.5 Å². The summed E-state index contributed by atoms with van der Waals surface area (Å²) in [5.74, 6) is 0. The topological polar surface area (TPSA) is 51.6 Å². The second-order valence-corrected chi connectivity index (χ2v) is 7.35. The highest BCUT2D eigenvalue weighted by Crippen LogP contribution is 2.28. The van der Waals surface area contributed by atoms with Crippen LogP contribution in [-0.2, 0) is 0 Å². The van der Waals surface area contributed by atoms with Crippen LogP contribution in [0.1, 0.15) is 0 Å². The molecule has 4 nitrogen and oxygen atoms in total. The molecule has 0 spiro atoms. The molecule has 140 valence electrons. The van der Waals surface area contributed by atoms with Crippen molar-refractivity contribution in [2.24, 2.45) is 0 Å². The van der Waals surface area contributed by atoms with Crippen molar-refractivity contribution in [2.75, 3.05) is 0 Å². The molecule has 6 aromatic rings. The standard InChI is InChI=1S/C26H16N4/c1-2-4-21-14-27-26(13-17(21)3-1)20-8-10-25-19(11-20)7-9-24(30-25)18-5-6-22-15-28-29-16-23(22)12-18/h1-16H. The number of fused-ring (bicyclic) bond motifs is 3. The van der Waals surface area contributed by atoms with Gasteiger partial charge in [-0.1, -0.05) is 48.5 Å². The van der Waals surface area contributed by atoms with Crippen molar-refractivity contribution < 1.29 is 0 Å². The molecule has 30 heavy (non-hydrogen) atoms. The van der Waals surface area contributed by atoms with Gasteiger partial charge in [0, 0.05) is 38.9 Å². The Morgan fingerprint density at radius 1 is 0.467 bits per heavy atom. The van der Waals surface area contributed by atoms with Crippen LogP contribution in [0.4, 0.5) is 0 Å². The summed E-state index contributed by atoms with van der Waals surface area (Å²) in [6.07, 6.45) is 5.48. The van der Waals surface area contributed by atoms with E-state index in [9.17, 15) is 0 Å². The van der Waals surface area contributed by atoms with Crippen molar-refractivity contribution in [1.82, 2.24) is 20.2 Å². The molecule has 0 unspecified atom stereocenters. The maximum atomic E-state index is 4.88. The lowest BCUT2D eigenvalue weighted by Crippen LogP contribution is -1.88. The molecule has 3 heterocycles. The molecule has 0 radical (unpaired) electrons. The van der Waals surface area contributed by atoms with Gasteiger partial charge in [0.05, 0.1) is 29.3 Å². The zero-order valence-electron chi connectivity index (χ0n) is 16.0. The van der Waals surface area contributed by atoms with Gasteiger partial charge in [0.25, 0.3) is 0 Å². The molecule has 3 aromatic carbocycles. The largest absolute Gasteiger partial charge is 0.256 e. The maximum absolute atomic E-state index is 4.88. The highest BCUT2D eigenvalue weighted by atomic mass is 15.1. The molecule has 0 aliphatic rings. The molecule has 0 amide bonds. The molecule has 0 fully saturated rings. The summed E-state index contributed by atoms with van der Waals surface area (Å²) in [6, 6.07) is 27.1. The second kappa shape index (κ2) is 6.71.